The monoisotopic (exact) mass is 285 g/mol. The van der Waals surface area contributed by atoms with Crippen LogP contribution in [-0.2, 0) is 12.8 Å². The van der Waals surface area contributed by atoms with E-state index in [1.54, 1.807) is 11.3 Å². The molecule has 0 unspecified atom stereocenters. The molecule has 0 atom stereocenters. The fourth-order valence-corrected chi connectivity index (χ4v) is 3.65. The molecule has 1 heterocycles. The maximum atomic E-state index is 12.0. The Labute approximate surface area is 118 Å². The third kappa shape index (κ3) is 3.72. The van der Waals surface area contributed by atoms with Crippen molar-refractivity contribution in [2.24, 2.45) is 0 Å². The van der Waals surface area contributed by atoms with E-state index in [-0.39, 0.29) is 5.91 Å². The lowest BCUT2D eigenvalue weighted by molar-refractivity contribution is 0.0957. The second-order valence-corrected chi connectivity index (χ2v) is 6.29. The number of rotatable bonds is 6. The van der Waals surface area contributed by atoms with E-state index in [4.69, 9.17) is 11.6 Å². The molecule has 1 aromatic rings. The minimum atomic E-state index is 0.0975. The van der Waals surface area contributed by atoms with Gasteiger partial charge in [-0.2, -0.15) is 0 Å². The predicted molar refractivity (Wildman–Crippen MR) is 77.9 cm³/mol. The van der Waals surface area contributed by atoms with E-state index in [2.05, 4.69) is 11.4 Å². The molecule has 1 aliphatic carbocycles. The van der Waals surface area contributed by atoms with Crippen LogP contribution in [0.15, 0.2) is 6.07 Å². The van der Waals surface area contributed by atoms with Gasteiger partial charge >= 0.3 is 0 Å². The first-order chi connectivity index (χ1) is 8.81. The lowest BCUT2D eigenvalue weighted by atomic mass is 9.99. The van der Waals surface area contributed by atoms with Crippen LogP contribution in [0, 0.1) is 0 Å². The standard InChI is InChI=1S/C14H20ClNOS/c15-8-4-1-5-9-16-14(17)13-10-11-6-2-3-7-12(11)18-13/h10H,1-9H2,(H,16,17). The first kappa shape index (κ1) is 13.9. The summed E-state index contributed by atoms with van der Waals surface area (Å²) in [6.07, 6.45) is 7.98. The average molecular weight is 286 g/mol. The number of carbonyl (C=O) groups is 1. The first-order valence-electron chi connectivity index (χ1n) is 6.77. The van der Waals surface area contributed by atoms with Crippen LogP contribution < -0.4 is 5.32 Å². The Morgan fingerprint density at radius 2 is 2.11 bits per heavy atom. The molecule has 100 valence electrons. The Balaban J connectivity index is 1.80. The Morgan fingerprint density at radius 1 is 1.28 bits per heavy atom. The number of fused-ring (bicyclic) bond motifs is 1. The van der Waals surface area contributed by atoms with E-state index in [1.165, 1.54) is 23.3 Å². The van der Waals surface area contributed by atoms with Crippen LogP contribution in [0.1, 0.15) is 52.2 Å². The molecule has 1 aliphatic rings. The van der Waals surface area contributed by atoms with Gasteiger partial charge in [-0.1, -0.05) is 6.42 Å². The van der Waals surface area contributed by atoms with Gasteiger partial charge in [-0.3, -0.25) is 4.79 Å². The summed E-state index contributed by atoms with van der Waals surface area (Å²) >= 11 is 7.29. The van der Waals surface area contributed by atoms with E-state index in [0.29, 0.717) is 5.88 Å². The molecular formula is C14H20ClNOS. The second kappa shape index (κ2) is 7.15. The molecule has 1 N–H and O–H groups in total. The summed E-state index contributed by atoms with van der Waals surface area (Å²) in [4.78, 5) is 14.3. The fraction of sp³-hybridized carbons (Fsp3) is 0.643. The van der Waals surface area contributed by atoms with Crippen LogP contribution >= 0.6 is 22.9 Å². The molecule has 1 aromatic heterocycles. The van der Waals surface area contributed by atoms with Gasteiger partial charge in [-0.05, 0) is 50.2 Å². The maximum absolute atomic E-state index is 12.0. The number of nitrogens with one attached hydrogen (secondary N) is 1. The number of alkyl halides is 1. The van der Waals surface area contributed by atoms with Crippen LogP contribution in [0.25, 0.3) is 0 Å². The fourth-order valence-electron chi connectivity index (χ4n) is 2.29. The number of halogens is 1. The molecule has 4 heteroatoms. The van der Waals surface area contributed by atoms with Crippen molar-refractivity contribution in [2.45, 2.75) is 44.9 Å². The highest BCUT2D eigenvalue weighted by Gasteiger charge is 2.16. The van der Waals surface area contributed by atoms with Crippen LogP contribution in [-0.4, -0.2) is 18.3 Å². The Bertz CT molecular complexity index is 379. The van der Waals surface area contributed by atoms with Crippen molar-refractivity contribution in [3.05, 3.63) is 21.4 Å². The summed E-state index contributed by atoms with van der Waals surface area (Å²) in [5.74, 6) is 0.811. The van der Waals surface area contributed by atoms with Crippen molar-refractivity contribution in [2.75, 3.05) is 12.4 Å². The molecule has 0 spiro atoms. The van der Waals surface area contributed by atoms with Gasteiger partial charge in [0.05, 0.1) is 4.88 Å². The molecule has 2 rings (SSSR count). The topological polar surface area (TPSA) is 29.1 Å². The molecule has 1 amide bonds. The highest BCUT2D eigenvalue weighted by Crippen LogP contribution is 2.29. The van der Waals surface area contributed by atoms with Crippen molar-refractivity contribution >= 4 is 28.8 Å². The molecule has 0 saturated carbocycles. The summed E-state index contributed by atoms with van der Waals surface area (Å²) in [5.41, 5.74) is 1.40. The van der Waals surface area contributed by atoms with Gasteiger partial charge in [0.15, 0.2) is 0 Å². The molecule has 0 aromatic carbocycles. The Kier molecular flexibility index (Phi) is 5.51. The lowest BCUT2D eigenvalue weighted by Gasteiger charge is -2.08. The van der Waals surface area contributed by atoms with E-state index in [0.717, 1.165) is 43.5 Å². The van der Waals surface area contributed by atoms with Crippen molar-refractivity contribution < 1.29 is 4.79 Å². The molecule has 0 bridgehead atoms. The SMILES string of the molecule is O=C(NCCCCCCl)c1cc2c(s1)CCCC2. The molecule has 18 heavy (non-hydrogen) atoms. The molecule has 0 fully saturated rings. The minimum absolute atomic E-state index is 0.0975. The van der Waals surface area contributed by atoms with Gasteiger partial charge in [-0.15, -0.1) is 22.9 Å². The number of carbonyl (C=O) groups excluding carboxylic acids is 1. The molecule has 2 nitrogen and oxygen atoms in total. The summed E-state index contributed by atoms with van der Waals surface area (Å²) < 4.78 is 0. The van der Waals surface area contributed by atoms with Crippen LogP contribution in [0.5, 0.6) is 0 Å². The normalized spacial score (nSPS) is 14.3. The van der Waals surface area contributed by atoms with Crippen LogP contribution in [0.2, 0.25) is 0 Å². The number of hydrogen-bond donors (Lipinski definition) is 1. The number of hydrogen-bond acceptors (Lipinski definition) is 2. The lowest BCUT2D eigenvalue weighted by Crippen LogP contribution is -2.23. The van der Waals surface area contributed by atoms with Crippen LogP contribution in [0.4, 0.5) is 0 Å². The zero-order valence-electron chi connectivity index (χ0n) is 10.6. The van der Waals surface area contributed by atoms with Crippen molar-refractivity contribution in [3.8, 4) is 0 Å². The third-order valence-corrected chi connectivity index (χ3v) is 4.82. The molecule has 0 radical (unpaired) electrons. The number of aryl methyl sites for hydroxylation is 2. The highest BCUT2D eigenvalue weighted by molar-refractivity contribution is 7.14. The summed E-state index contributed by atoms with van der Waals surface area (Å²) in [6, 6.07) is 2.09. The molecule has 0 saturated heterocycles. The zero-order valence-corrected chi connectivity index (χ0v) is 12.2. The number of thiophene rings is 1. The average Bonchev–Trinajstić information content (AvgIpc) is 2.82. The van der Waals surface area contributed by atoms with E-state index >= 15 is 0 Å². The summed E-state index contributed by atoms with van der Waals surface area (Å²) in [5, 5.41) is 3.00. The maximum Gasteiger partial charge on any atom is 0.261 e. The zero-order chi connectivity index (χ0) is 12.8. The van der Waals surface area contributed by atoms with Gasteiger partial charge in [-0.25, -0.2) is 0 Å². The smallest absolute Gasteiger partial charge is 0.261 e. The van der Waals surface area contributed by atoms with Gasteiger partial charge in [0.25, 0.3) is 5.91 Å². The van der Waals surface area contributed by atoms with E-state index < -0.39 is 0 Å². The molecular weight excluding hydrogens is 266 g/mol. The van der Waals surface area contributed by atoms with Gasteiger partial charge < -0.3 is 5.32 Å². The van der Waals surface area contributed by atoms with Gasteiger partial charge in [0.1, 0.15) is 0 Å². The van der Waals surface area contributed by atoms with Crippen molar-refractivity contribution in [1.82, 2.24) is 5.32 Å². The number of unbranched alkanes of at least 4 members (excludes halogenated alkanes) is 2. The Morgan fingerprint density at radius 3 is 2.89 bits per heavy atom. The third-order valence-electron chi connectivity index (χ3n) is 3.32. The van der Waals surface area contributed by atoms with Gasteiger partial charge in [0, 0.05) is 17.3 Å². The second-order valence-electron chi connectivity index (χ2n) is 4.77. The van der Waals surface area contributed by atoms with E-state index in [9.17, 15) is 4.79 Å². The van der Waals surface area contributed by atoms with Crippen molar-refractivity contribution in [3.63, 3.8) is 0 Å². The summed E-state index contributed by atoms with van der Waals surface area (Å²) in [6.45, 7) is 0.762. The molecule has 0 aliphatic heterocycles. The minimum Gasteiger partial charge on any atom is -0.351 e. The van der Waals surface area contributed by atoms with Gasteiger partial charge in [0.2, 0.25) is 0 Å². The summed E-state index contributed by atoms with van der Waals surface area (Å²) in [7, 11) is 0. The largest absolute Gasteiger partial charge is 0.351 e. The number of amides is 1. The van der Waals surface area contributed by atoms with Crippen LogP contribution in [0.3, 0.4) is 0 Å². The predicted octanol–water partition coefficient (Wildman–Crippen LogP) is 3.77. The Hall–Kier alpha value is -0.540. The van der Waals surface area contributed by atoms with Crippen molar-refractivity contribution in [1.29, 1.82) is 0 Å². The quantitative estimate of drug-likeness (QED) is 0.626. The highest BCUT2D eigenvalue weighted by atomic mass is 35.5. The first-order valence-corrected chi connectivity index (χ1v) is 8.12. The van der Waals surface area contributed by atoms with E-state index in [1.807, 2.05) is 0 Å².